The molecule has 0 saturated heterocycles. The molecule has 30 heavy (non-hydrogen) atoms. The quantitative estimate of drug-likeness (QED) is 0.103. The SMILES string of the molecule is CC(C)=CCC/C(C)=C/CC/C(C)=C/CSC[C@H](NC(=O)CCC(N)=O)C(=O)NN. The molecule has 0 heterocycles. The number of hydrazine groups is 1. The highest BCUT2D eigenvalue weighted by Gasteiger charge is 2.19. The Hall–Kier alpha value is -2.06. The highest BCUT2D eigenvalue weighted by molar-refractivity contribution is 7.99. The Balaban J connectivity index is 4.32. The van der Waals surface area contributed by atoms with Gasteiger partial charge in [0.2, 0.25) is 11.8 Å². The van der Waals surface area contributed by atoms with Gasteiger partial charge in [-0.1, -0.05) is 34.9 Å². The Morgan fingerprint density at radius 1 is 0.900 bits per heavy atom. The Morgan fingerprint density at radius 2 is 1.50 bits per heavy atom. The molecule has 0 spiro atoms. The van der Waals surface area contributed by atoms with Crippen LogP contribution in [0.2, 0.25) is 0 Å². The molecule has 0 bridgehead atoms. The van der Waals surface area contributed by atoms with Gasteiger partial charge in [0.15, 0.2) is 0 Å². The van der Waals surface area contributed by atoms with E-state index in [1.54, 1.807) is 0 Å². The van der Waals surface area contributed by atoms with Crippen LogP contribution in [0.4, 0.5) is 0 Å². The average molecular weight is 439 g/mol. The van der Waals surface area contributed by atoms with E-state index < -0.39 is 23.8 Å². The lowest BCUT2D eigenvalue weighted by molar-refractivity contribution is -0.129. The molecule has 0 unspecified atom stereocenters. The number of nitrogens with one attached hydrogen (secondary N) is 2. The zero-order valence-corrected chi connectivity index (χ0v) is 19.6. The first kappa shape index (κ1) is 27.9. The topological polar surface area (TPSA) is 127 Å². The monoisotopic (exact) mass is 438 g/mol. The molecule has 0 aromatic heterocycles. The fourth-order valence-electron chi connectivity index (χ4n) is 2.51. The molecule has 7 nitrogen and oxygen atoms in total. The van der Waals surface area contributed by atoms with Gasteiger partial charge in [0.25, 0.3) is 5.91 Å². The summed E-state index contributed by atoms with van der Waals surface area (Å²) in [4.78, 5) is 34.4. The predicted molar refractivity (Wildman–Crippen MR) is 125 cm³/mol. The Kier molecular flexibility index (Phi) is 15.6. The predicted octanol–water partition coefficient (Wildman–Crippen LogP) is 2.88. The summed E-state index contributed by atoms with van der Waals surface area (Å²) in [5, 5.41) is 2.59. The molecular weight excluding hydrogens is 400 g/mol. The van der Waals surface area contributed by atoms with Crippen LogP contribution in [0.5, 0.6) is 0 Å². The van der Waals surface area contributed by atoms with Crippen LogP contribution >= 0.6 is 11.8 Å². The number of primary amides is 1. The minimum Gasteiger partial charge on any atom is -0.370 e. The molecule has 0 radical (unpaired) electrons. The second-order valence-electron chi connectivity index (χ2n) is 7.59. The fraction of sp³-hybridized carbons (Fsp3) is 0.591. The molecule has 0 aliphatic heterocycles. The van der Waals surface area contributed by atoms with Crippen LogP contribution in [0.15, 0.2) is 34.9 Å². The van der Waals surface area contributed by atoms with E-state index in [1.165, 1.54) is 28.5 Å². The smallest absolute Gasteiger partial charge is 0.257 e. The lowest BCUT2D eigenvalue weighted by Crippen LogP contribution is -2.50. The fourth-order valence-corrected chi connectivity index (χ4v) is 3.52. The van der Waals surface area contributed by atoms with E-state index in [0.29, 0.717) is 5.75 Å². The van der Waals surface area contributed by atoms with Gasteiger partial charge in [0, 0.05) is 24.3 Å². The summed E-state index contributed by atoms with van der Waals surface area (Å²) in [6, 6.07) is -0.750. The molecule has 1 atom stereocenters. The van der Waals surface area contributed by atoms with Gasteiger partial charge in [0.05, 0.1) is 0 Å². The molecule has 3 amide bonds. The molecule has 0 aromatic carbocycles. The number of carbonyl (C=O) groups is 3. The largest absolute Gasteiger partial charge is 0.370 e. The van der Waals surface area contributed by atoms with Crippen LogP contribution in [0, 0.1) is 0 Å². The summed E-state index contributed by atoms with van der Waals surface area (Å²) >= 11 is 1.53. The molecule has 0 rings (SSSR count). The number of rotatable bonds is 15. The van der Waals surface area contributed by atoms with Crippen LogP contribution in [-0.2, 0) is 14.4 Å². The van der Waals surface area contributed by atoms with Crippen LogP contribution in [0.1, 0.15) is 66.2 Å². The second-order valence-corrected chi connectivity index (χ2v) is 8.67. The van der Waals surface area contributed by atoms with Gasteiger partial charge in [-0.15, -0.1) is 0 Å². The van der Waals surface area contributed by atoms with Crippen molar-refractivity contribution < 1.29 is 14.4 Å². The summed E-state index contributed by atoms with van der Waals surface area (Å²) in [6.07, 6.45) is 10.8. The number of thioether (sulfide) groups is 1. The van der Waals surface area contributed by atoms with Crippen molar-refractivity contribution in [3.8, 4) is 0 Å². The van der Waals surface area contributed by atoms with Crippen molar-refractivity contribution in [2.24, 2.45) is 11.6 Å². The van der Waals surface area contributed by atoms with Gasteiger partial charge in [-0.3, -0.25) is 19.8 Å². The molecule has 170 valence electrons. The number of amides is 3. The van der Waals surface area contributed by atoms with Gasteiger partial charge >= 0.3 is 0 Å². The third-order valence-electron chi connectivity index (χ3n) is 4.35. The molecule has 0 aliphatic rings. The third-order valence-corrected chi connectivity index (χ3v) is 5.32. The zero-order chi connectivity index (χ0) is 22.9. The molecule has 8 heteroatoms. The molecule has 0 saturated carbocycles. The number of nitrogens with two attached hydrogens (primary N) is 2. The van der Waals surface area contributed by atoms with Crippen molar-refractivity contribution in [3.05, 3.63) is 34.9 Å². The first-order chi connectivity index (χ1) is 14.1. The van der Waals surface area contributed by atoms with Gasteiger partial charge in [-0.2, -0.15) is 11.8 Å². The lowest BCUT2D eigenvalue weighted by Gasteiger charge is -2.16. The minimum atomic E-state index is -0.750. The van der Waals surface area contributed by atoms with E-state index in [2.05, 4.69) is 56.7 Å². The van der Waals surface area contributed by atoms with Crippen LogP contribution in [0.3, 0.4) is 0 Å². The Morgan fingerprint density at radius 3 is 2.07 bits per heavy atom. The first-order valence-electron chi connectivity index (χ1n) is 10.3. The molecule has 0 aliphatic carbocycles. The summed E-state index contributed by atoms with van der Waals surface area (Å²) < 4.78 is 0. The standard InChI is InChI=1S/C22H38N4O3S/c1-16(2)7-5-8-17(3)9-6-10-18(4)13-14-30-15-19(22(29)26-24)25-21(28)12-11-20(23)27/h7,9,13,19H,5-6,8,10-12,14-15,24H2,1-4H3,(H2,23,27)(H,25,28)(H,26,29)/b17-9+,18-13+/t19-/m0/s1. The molecule has 6 N–H and O–H groups in total. The Bertz CT molecular complexity index is 653. The summed E-state index contributed by atoms with van der Waals surface area (Å²) in [6.45, 7) is 8.51. The van der Waals surface area contributed by atoms with E-state index in [0.717, 1.165) is 31.4 Å². The van der Waals surface area contributed by atoms with Crippen molar-refractivity contribution in [2.75, 3.05) is 11.5 Å². The Labute approximate surface area is 185 Å². The van der Waals surface area contributed by atoms with E-state index in [9.17, 15) is 14.4 Å². The first-order valence-corrected chi connectivity index (χ1v) is 11.4. The summed E-state index contributed by atoms with van der Waals surface area (Å²) in [5.41, 5.74) is 11.2. The maximum atomic E-state index is 11.8. The van der Waals surface area contributed by atoms with Gasteiger partial charge in [0.1, 0.15) is 6.04 Å². The highest BCUT2D eigenvalue weighted by atomic mass is 32.2. The maximum Gasteiger partial charge on any atom is 0.257 e. The van der Waals surface area contributed by atoms with Crippen LogP contribution in [0.25, 0.3) is 0 Å². The van der Waals surface area contributed by atoms with Crippen LogP contribution in [-0.4, -0.2) is 35.3 Å². The minimum absolute atomic E-state index is 0.0470. The molecule has 0 fully saturated rings. The number of carbonyl (C=O) groups excluding carboxylic acids is 3. The maximum absolute atomic E-state index is 11.8. The summed E-state index contributed by atoms with van der Waals surface area (Å²) in [5.74, 6) is 4.89. The third kappa shape index (κ3) is 15.8. The van der Waals surface area contributed by atoms with E-state index in [-0.39, 0.29) is 12.8 Å². The van der Waals surface area contributed by atoms with Crippen molar-refractivity contribution in [2.45, 2.75) is 72.3 Å². The van der Waals surface area contributed by atoms with Crippen molar-refractivity contribution in [3.63, 3.8) is 0 Å². The van der Waals surface area contributed by atoms with Gasteiger partial charge < -0.3 is 11.1 Å². The van der Waals surface area contributed by atoms with E-state index >= 15 is 0 Å². The number of hydrogen-bond donors (Lipinski definition) is 4. The van der Waals surface area contributed by atoms with Crippen molar-refractivity contribution in [1.82, 2.24) is 10.7 Å². The molecule has 0 aromatic rings. The van der Waals surface area contributed by atoms with Crippen LogP contribution < -0.4 is 22.3 Å². The number of hydrogen-bond acceptors (Lipinski definition) is 5. The van der Waals surface area contributed by atoms with Gasteiger partial charge in [-0.05, 0) is 53.4 Å². The van der Waals surface area contributed by atoms with E-state index in [4.69, 9.17) is 11.6 Å². The number of allylic oxidation sites excluding steroid dienone is 5. The normalized spacial score (nSPS) is 12.8. The zero-order valence-electron chi connectivity index (χ0n) is 18.8. The molecular formula is C22H38N4O3S. The average Bonchev–Trinajstić information content (AvgIpc) is 2.67. The van der Waals surface area contributed by atoms with Crippen molar-refractivity contribution >= 4 is 29.5 Å². The lowest BCUT2D eigenvalue weighted by atomic mass is 10.1. The van der Waals surface area contributed by atoms with Gasteiger partial charge in [-0.25, -0.2) is 5.84 Å². The highest BCUT2D eigenvalue weighted by Crippen LogP contribution is 2.13. The van der Waals surface area contributed by atoms with E-state index in [1.807, 2.05) is 0 Å². The summed E-state index contributed by atoms with van der Waals surface area (Å²) in [7, 11) is 0. The second kappa shape index (κ2) is 16.7. The van der Waals surface area contributed by atoms with Crippen molar-refractivity contribution in [1.29, 1.82) is 0 Å².